The van der Waals surface area contributed by atoms with Gasteiger partial charge in [0, 0.05) is 18.2 Å². The number of nitrogen functional groups attached to an aromatic ring is 1. The molecule has 21 heavy (non-hydrogen) atoms. The van der Waals surface area contributed by atoms with Crippen molar-refractivity contribution in [1.29, 1.82) is 0 Å². The van der Waals surface area contributed by atoms with Crippen LogP contribution in [0.5, 0.6) is 0 Å². The minimum atomic E-state index is -4.05. The van der Waals surface area contributed by atoms with Gasteiger partial charge >= 0.3 is 0 Å². The molecule has 4 N–H and O–H groups in total. The molecule has 0 saturated carbocycles. The first-order valence-corrected chi connectivity index (χ1v) is 8.30. The molecule has 0 aliphatic carbocycles. The molecular weight excluding hydrogens is 319 g/mol. The number of halogens is 2. The van der Waals surface area contributed by atoms with Gasteiger partial charge in [-0.15, -0.1) is 0 Å². The molecule has 0 aliphatic rings. The van der Waals surface area contributed by atoms with Gasteiger partial charge in [-0.1, -0.05) is 25.4 Å². The van der Waals surface area contributed by atoms with Crippen molar-refractivity contribution in [1.82, 2.24) is 4.72 Å². The standard InChI is InChI=1S/C13H20ClFN2O3S/c1-13(2,4-3-5-18)8-17-21(19,20)11-7-9(14)6-10(16)12(11)15/h6-7,17-18H,3-5,8,16H2,1-2H3. The van der Waals surface area contributed by atoms with Crippen molar-refractivity contribution in [2.75, 3.05) is 18.9 Å². The molecule has 0 heterocycles. The average molecular weight is 339 g/mol. The first-order valence-electron chi connectivity index (χ1n) is 6.44. The van der Waals surface area contributed by atoms with Crippen molar-refractivity contribution in [3.8, 4) is 0 Å². The topological polar surface area (TPSA) is 92.4 Å². The van der Waals surface area contributed by atoms with Crippen LogP contribution in [0, 0.1) is 11.2 Å². The van der Waals surface area contributed by atoms with Gasteiger partial charge in [-0.3, -0.25) is 0 Å². The fraction of sp³-hybridized carbons (Fsp3) is 0.538. The molecule has 0 atom stereocenters. The maximum Gasteiger partial charge on any atom is 0.243 e. The molecule has 0 aliphatic heterocycles. The van der Waals surface area contributed by atoms with Gasteiger partial charge < -0.3 is 10.8 Å². The van der Waals surface area contributed by atoms with Crippen LogP contribution < -0.4 is 10.5 Å². The largest absolute Gasteiger partial charge is 0.396 e. The molecule has 0 bridgehead atoms. The van der Waals surface area contributed by atoms with E-state index in [9.17, 15) is 12.8 Å². The zero-order valence-corrected chi connectivity index (χ0v) is 13.6. The SMILES string of the molecule is CC(C)(CCCO)CNS(=O)(=O)c1cc(Cl)cc(N)c1F. The van der Waals surface area contributed by atoms with Crippen molar-refractivity contribution in [2.45, 2.75) is 31.6 Å². The van der Waals surface area contributed by atoms with Crippen molar-refractivity contribution >= 4 is 27.3 Å². The van der Waals surface area contributed by atoms with Gasteiger partial charge in [-0.25, -0.2) is 17.5 Å². The van der Waals surface area contributed by atoms with Crippen molar-refractivity contribution in [2.24, 2.45) is 5.41 Å². The summed E-state index contributed by atoms with van der Waals surface area (Å²) in [5.41, 5.74) is 4.70. The first kappa shape index (κ1) is 18.2. The quantitative estimate of drug-likeness (QED) is 0.664. The molecule has 0 spiro atoms. The number of aliphatic hydroxyl groups is 1. The maximum atomic E-state index is 13.9. The molecule has 1 aromatic carbocycles. The van der Waals surface area contributed by atoms with E-state index in [1.807, 2.05) is 13.8 Å². The van der Waals surface area contributed by atoms with Gasteiger partial charge in [-0.05, 0) is 30.4 Å². The smallest absolute Gasteiger partial charge is 0.243 e. The lowest BCUT2D eigenvalue weighted by atomic mass is 9.88. The molecule has 1 aromatic rings. The Bertz CT molecular complexity index is 606. The minimum absolute atomic E-state index is 0.0373. The Morgan fingerprint density at radius 1 is 1.43 bits per heavy atom. The summed E-state index contributed by atoms with van der Waals surface area (Å²) in [6.07, 6.45) is 1.19. The Morgan fingerprint density at radius 3 is 2.62 bits per heavy atom. The van der Waals surface area contributed by atoms with Crippen molar-refractivity contribution in [3.05, 3.63) is 23.0 Å². The minimum Gasteiger partial charge on any atom is -0.396 e. The summed E-state index contributed by atoms with van der Waals surface area (Å²) in [5.74, 6) is -1.01. The molecule has 0 aromatic heterocycles. The number of aliphatic hydroxyl groups excluding tert-OH is 1. The average Bonchev–Trinajstić information content (AvgIpc) is 2.38. The highest BCUT2D eigenvalue weighted by Gasteiger charge is 2.25. The van der Waals surface area contributed by atoms with Crippen molar-refractivity contribution < 1.29 is 17.9 Å². The van der Waals surface area contributed by atoms with E-state index in [0.717, 1.165) is 12.1 Å². The van der Waals surface area contributed by atoms with E-state index in [1.165, 1.54) is 0 Å². The van der Waals surface area contributed by atoms with Crippen LogP contribution in [0.15, 0.2) is 17.0 Å². The molecule has 0 radical (unpaired) electrons. The second-order valence-electron chi connectivity index (χ2n) is 5.62. The zero-order chi connectivity index (χ0) is 16.3. The van der Waals surface area contributed by atoms with Gasteiger partial charge in [0.25, 0.3) is 0 Å². The molecule has 0 amide bonds. The number of sulfonamides is 1. The van der Waals surface area contributed by atoms with Gasteiger partial charge in [0.05, 0.1) is 5.69 Å². The van der Waals surface area contributed by atoms with E-state index in [1.54, 1.807) is 0 Å². The maximum absolute atomic E-state index is 13.9. The number of benzene rings is 1. The van der Waals surface area contributed by atoms with E-state index in [4.69, 9.17) is 22.4 Å². The highest BCUT2D eigenvalue weighted by molar-refractivity contribution is 7.89. The number of rotatable bonds is 7. The van der Waals surface area contributed by atoms with Gasteiger partial charge in [-0.2, -0.15) is 0 Å². The molecule has 8 heteroatoms. The number of hydrogen-bond donors (Lipinski definition) is 3. The Labute approximate surface area is 129 Å². The lowest BCUT2D eigenvalue weighted by Gasteiger charge is -2.24. The highest BCUT2D eigenvalue weighted by Crippen LogP contribution is 2.26. The third kappa shape index (κ3) is 5.10. The van der Waals surface area contributed by atoms with Crippen LogP contribution in [-0.4, -0.2) is 26.7 Å². The number of anilines is 1. The number of nitrogens with two attached hydrogens (primary N) is 1. The van der Waals surface area contributed by atoms with Gasteiger partial charge in [0.15, 0.2) is 5.82 Å². The summed E-state index contributed by atoms with van der Waals surface area (Å²) in [4.78, 5) is -0.564. The predicted molar refractivity (Wildman–Crippen MR) is 81.1 cm³/mol. The van der Waals surface area contributed by atoms with Crippen LogP contribution in [0.3, 0.4) is 0 Å². The number of nitrogens with one attached hydrogen (secondary N) is 1. The molecule has 0 fully saturated rings. The van der Waals surface area contributed by atoms with E-state index in [0.29, 0.717) is 12.8 Å². The van der Waals surface area contributed by atoms with Crippen molar-refractivity contribution in [3.63, 3.8) is 0 Å². The summed E-state index contributed by atoms with van der Waals surface area (Å²) < 4.78 is 40.5. The van der Waals surface area contributed by atoms with Crippen LogP contribution in [-0.2, 0) is 10.0 Å². The Morgan fingerprint density at radius 2 is 2.05 bits per heavy atom. The molecule has 120 valence electrons. The van der Waals surface area contributed by atoms with Gasteiger partial charge in [0.2, 0.25) is 10.0 Å². The van der Waals surface area contributed by atoms with E-state index in [2.05, 4.69) is 4.72 Å². The lowest BCUT2D eigenvalue weighted by molar-refractivity contribution is 0.242. The van der Waals surface area contributed by atoms with E-state index in [-0.39, 0.29) is 29.3 Å². The molecule has 0 saturated heterocycles. The highest BCUT2D eigenvalue weighted by atomic mass is 35.5. The summed E-state index contributed by atoms with van der Waals surface area (Å²) in [6.45, 7) is 3.86. The molecular formula is C13H20ClFN2O3S. The number of hydrogen-bond acceptors (Lipinski definition) is 4. The summed E-state index contributed by atoms with van der Waals surface area (Å²) in [5, 5.41) is 8.87. The fourth-order valence-electron chi connectivity index (χ4n) is 1.79. The molecule has 1 rings (SSSR count). The zero-order valence-electron chi connectivity index (χ0n) is 12.0. The van der Waals surface area contributed by atoms with Crippen LogP contribution in [0.4, 0.5) is 10.1 Å². The lowest BCUT2D eigenvalue weighted by Crippen LogP contribution is -2.34. The summed E-state index contributed by atoms with van der Waals surface area (Å²) >= 11 is 5.72. The van der Waals surface area contributed by atoms with Crippen LogP contribution in [0.1, 0.15) is 26.7 Å². The first-order chi connectivity index (χ1) is 9.59. The Kier molecular flexibility index (Phi) is 5.98. The third-order valence-electron chi connectivity index (χ3n) is 3.07. The second-order valence-corrected chi connectivity index (χ2v) is 7.79. The van der Waals surface area contributed by atoms with Gasteiger partial charge in [0.1, 0.15) is 4.90 Å². The van der Waals surface area contributed by atoms with Crippen LogP contribution in [0.2, 0.25) is 5.02 Å². The van der Waals surface area contributed by atoms with E-state index >= 15 is 0 Å². The molecule has 0 unspecified atom stereocenters. The van der Waals surface area contributed by atoms with Crippen LogP contribution >= 0.6 is 11.6 Å². The van der Waals surface area contributed by atoms with Crippen LogP contribution in [0.25, 0.3) is 0 Å². The Hall–Kier alpha value is -0.890. The van der Waals surface area contributed by atoms with E-state index < -0.39 is 20.7 Å². The second kappa shape index (κ2) is 6.91. The predicted octanol–water partition coefficient (Wildman–Crippen LogP) is 2.14. The monoisotopic (exact) mass is 338 g/mol. The third-order valence-corrected chi connectivity index (χ3v) is 4.69. The Balaban J connectivity index is 2.93. The summed E-state index contributed by atoms with van der Waals surface area (Å²) in [7, 11) is -4.05. The fourth-order valence-corrected chi connectivity index (χ4v) is 3.46. The summed E-state index contributed by atoms with van der Waals surface area (Å²) in [6, 6.07) is 2.18. The normalized spacial score (nSPS) is 12.6. The molecule has 5 nitrogen and oxygen atoms in total.